The fraction of sp³-hybridized carbons (Fsp3) is 0.600. The van der Waals surface area contributed by atoms with E-state index < -0.39 is 24.7 Å². The largest absolute Gasteiger partial charge is 0.493 e. The number of benzene rings is 1. The third-order valence-corrected chi connectivity index (χ3v) is 3.86. The first-order chi connectivity index (χ1) is 10.6. The number of nitrogens with zero attached hydrogens (tertiary/aromatic N) is 1. The summed E-state index contributed by atoms with van der Waals surface area (Å²) in [6.45, 7) is 2.61. The number of hydrogen-bond donors (Lipinski definition) is 1. The second-order valence-corrected chi connectivity index (χ2v) is 5.16. The summed E-state index contributed by atoms with van der Waals surface area (Å²) in [5.74, 6) is 0.0370. The van der Waals surface area contributed by atoms with Gasteiger partial charge in [-0.15, -0.1) is 0 Å². The molecule has 0 unspecified atom stereocenters. The molecule has 0 aromatic heterocycles. The van der Waals surface area contributed by atoms with Crippen molar-refractivity contribution in [2.45, 2.75) is 18.9 Å². The summed E-state index contributed by atoms with van der Waals surface area (Å²) in [5.41, 5.74) is 0.222. The topological polar surface area (TPSA) is 33.7 Å². The predicted octanol–water partition coefficient (Wildman–Crippen LogP) is 2.44. The van der Waals surface area contributed by atoms with Crippen LogP contribution in [0.15, 0.2) is 12.1 Å². The maximum absolute atomic E-state index is 14.4. The summed E-state index contributed by atoms with van der Waals surface area (Å²) in [7, 11) is 2.84. The minimum absolute atomic E-state index is 0.222. The lowest BCUT2D eigenvalue weighted by molar-refractivity contribution is 0.0724. The Bertz CT molecular complexity index is 494. The molecule has 0 saturated carbocycles. The van der Waals surface area contributed by atoms with E-state index in [2.05, 4.69) is 5.32 Å². The molecule has 0 bridgehead atoms. The van der Waals surface area contributed by atoms with E-state index in [1.54, 1.807) is 0 Å². The second kappa shape index (κ2) is 7.69. The number of alkyl halides is 2. The number of methoxy groups -OCH3 is 2. The van der Waals surface area contributed by atoms with E-state index in [0.29, 0.717) is 31.9 Å². The van der Waals surface area contributed by atoms with Gasteiger partial charge in [-0.3, -0.25) is 4.90 Å². The lowest BCUT2D eigenvalue weighted by Crippen LogP contribution is -2.45. The van der Waals surface area contributed by atoms with Crippen LogP contribution in [0.3, 0.4) is 0 Å². The van der Waals surface area contributed by atoms with E-state index >= 15 is 0 Å². The normalized spacial score (nSPS) is 17.5. The fourth-order valence-corrected chi connectivity index (χ4v) is 2.76. The molecule has 1 atom stereocenters. The maximum Gasteiger partial charge on any atom is 0.240 e. The minimum Gasteiger partial charge on any atom is -0.493 e. The van der Waals surface area contributed by atoms with Crippen LogP contribution in [0.1, 0.15) is 18.0 Å². The van der Waals surface area contributed by atoms with Gasteiger partial charge in [-0.2, -0.15) is 0 Å². The Labute approximate surface area is 128 Å². The molecule has 7 heteroatoms. The van der Waals surface area contributed by atoms with Crippen molar-refractivity contribution in [3.63, 3.8) is 0 Å². The van der Waals surface area contributed by atoms with Gasteiger partial charge in [0.15, 0.2) is 11.5 Å². The standard InChI is InChI=1S/C15H21F3N2O2/c1-21-13-7-10(11(16)8-14(13)22-2)12(9-15(17)18)20-5-3-19-4-6-20/h7-8,12,15,19H,3-6,9H2,1-2H3/t12-/m1/s1. The molecular weight excluding hydrogens is 297 g/mol. The SMILES string of the molecule is COc1cc(F)c([C@@H](CC(F)F)N2CCNCC2)cc1OC. The Morgan fingerprint density at radius 3 is 2.27 bits per heavy atom. The highest BCUT2D eigenvalue weighted by Crippen LogP contribution is 2.36. The van der Waals surface area contributed by atoms with E-state index in [0.717, 1.165) is 0 Å². The van der Waals surface area contributed by atoms with Crippen LogP contribution in [0.5, 0.6) is 11.5 Å². The van der Waals surface area contributed by atoms with Crippen molar-refractivity contribution in [3.8, 4) is 11.5 Å². The highest BCUT2D eigenvalue weighted by molar-refractivity contribution is 5.44. The smallest absolute Gasteiger partial charge is 0.240 e. The van der Waals surface area contributed by atoms with Gasteiger partial charge in [0.2, 0.25) is 6.43 Å². The zero-order valence-electron chi connectivity index (χ0n) is 12.7. The predicted molar refractivity (Wildman–Crippen MR) is 77.3 cm³/mol. The van der Waals surface area contributed by atoms with Crippen LogP contribution < -0.4 is 14.8 Å². The van der Waals surface area contributed by atoms with Crippen molar-refractivity contribution >= 4 is 0 Å². The molecule has 1 fully saturated rings. The first-order valence-corrected chi connectivity index (χ1v) is 7.21. The zero-order valence-corrected chi connectivity index (χ0v) is 12.7. The van der Waals surface area contributed by atoms with Crippen molar-refractivity contribution in [1.29, 1.82) is 0 Å². The molecule has 124 valence electrons. The molecule has 0 radical (unpaired) electrons. The number of hydrogen-bond acceptors (Lipinski definition) is 4. The molecule has 1 heterocycles. The summed E-state index contributed by atoms with van der Waals surface area (Å²) >= 11 is 0. The summed E-state index contributed by atoms with van der Waals surface area (Å²) < 4.78 is 50.5. The summed E-state index contributed by atoms with van der Waals surface area (Å²) in [4.78, 5) is 1.88. The van der Waals surface area contributed by atoms with Crippen LogP contribution in [0.4, 0.5) is 13.2 Å². The van der Waals surface area contributed by atoms with Gasteiger partial charge < -0.3 is 14.8 Å². The van der Waals surface area contributed by atoms with Crippen molar-refractivity contribution < 1.29 is 22.6 Å². The highest BCUT2D eigenvalue weighted by Gasteiger charge is 2.28. The van der Waals surface area contributed by atoms with Crippen LogP contribution in [-0.4, -0.2) is 51.7 Å². The average molecular weight is 318 g/mol. The number of ether oxygens (including phenoxy) is 2. The molecule has 22 heavy (non-hydrogen) atoms. The zero-order chi connectivity index (χ0) is 16.1. The van der Waals surface area contributed by atoms with E-state index in [1.807, 2.05) is 4.90 Å². The van der Waals surface area contributed by atoms with Gasteiger partial charge in [-0.1, -0.05) is 0 Å². The molecule has 2 rings (SSSR count). The van der Waals surface area contributed by atoms with E-state index in [4.69, 9.17) is 9.47 Å². The fourth-order valence-electron chi connectivity index (χ4n) is 2.76. The molecule has 1 N–H and O–H groups in total. The third-order valence-electron chi connectivity index (χ3n) is 3.86. The molecule has 1 aromatic carbocycles. The molecule has 1 aliphatic rings. The summed E-state index contributed by atoms with van der Waals surface area (Å²) in [5, 5.41) is 3.16. The Morgan fingerprint density at radius 1 is 1.14 bits per heavy atom. The van der Waals surface area contributed by atoms with Crippen LogP contribution in [0.25, 0.3) is 0 Å². The Hall–Kier alpha value is -1.47. The Kier molecular flexibility index (Phi) is 5.90. The number of rotatable bonds is 6. The van der Waals surface area contributed by atoms with Crippen molar-refractivity contribution in [3.05, 3.63) is 23.5 Å². The van der Waals surface area contributed by atoms with Gasteiger partial charge in [-0.25, -0.2) is 13.2 Å². The van der Waals surface area contributed by atoms with E-state index in [9.17, 15) is 13.2 Å². The number of halogens is 3. The monoisotopic (exact) mass is 318 g/mol. The first kappa shape index (κ1) is 16.9. The van der Waals surface area contributed by atoms with Gasteiger partial charge in [0, 0.05) is 50.3 Å². The molecule has 1 aromatic rings. The quantitative estimate of drug-likeness (QED) is 0.873. The second-order valence-electron chi connectivity index (χ2n) is 5.16. The lowest BCUT2D eigenvalue weighted by Gasteiger charge is -2.35. The van der Waals surface area contributed by atoms with E-state index in [1.165, 1.54) is 26.4 Å². The van der Waals surface area contributed by atoms with Crippen molar-refractivity contribution in [2.24, 2.45) is 0 Å². The van der Waals surface area contributed by atoms with Crippen LogP contribution in [0, 0.1) is 5.82 Å². The minimum atomic E-state index is -2.51. The van der Waals surface area contributed by atoms with E-state index in [-0.39, 0.29) is 11.3 Å². The lowest BCUT2D eigenvalue weighted by atomic mass is 10.00. The van der Waals surface area contributed by atoms with Crippen molar-refractivity contribution in [1.82, 2.24) is 10.2 Å². The van der Waals surface area contributed by atoms with Gasteiger partial charge in [-0.05, 0) is 6.07 Å². The molecule has 0 amide bonds. The number of piperazine rings is 1. The van der Waals surface area contributed by atoms with Crippen LogP contribution in [-0.2, 0) is 0 Å². The van der Waals surface area contributed by atoms with Gasteiger partial charge in [0.25, 0.3) is 0 Å². The first-order valence-electron chi connectivity index (χ1n) is 7.21. The van der Waals surface area contributed by atoms with Gasteiger partial charge >= 0.3 is 0 Å². The van der Waals surface area contributed by atoms with Crippen LogP contribution >= 0.6 is 0 Å². The van der Waals surface area contributed by atoms with Crippen LogP contribution in [0.2, 0.25) is 0 Å². The third kappa shape index (κ3) is 3.84. The molecule has 1 saturated heterocycles. The molecule has 0 spiro atoms. The molecule has 0 aliphatic carbocycles. The average Bonchev–Trinajstić information content (AvgIpc) is 2.53. The maximum atomic E-state index is 14.4. The van der Waals surface area contributed by atoms with Gasteiger partial charge in [0.05, 0.1) is 14.2 Å². The molecule has 4 nitrogen and oxygen atoms in total. The Morgan fingerprint density at radius 2 is 1.73 bits per heavy atom. The number of nitrogens with one attached hydrogen (secondary N) is 1. The summed E-state index contributed by atoms with van der Waals surface area (Å²) in [6.07, 6.45) is -2.92. The Balaban J connectivity index is 2.37. The van der Waals surface area contributed by atoms with Gasteiger partial charge in [0.1, 0.15) is 5.82 Å². The molecule has 1 aliphatic heterocycles. The molecular formula is C15H21F3N2O2. The summed E-state index contributed by atoms with van der Waals surface area (Å²) in [6, 6.07) is 1.97. The van der Waals surface area contributed by atoms with Crippen molar-refractivity contribution in [2.75, 3.05) is 40.4 Å². The highest BCUT2D eigenvalue weighted by atomic mass is 19.3.